The smallest absolute Gasteiger partial charge is 0.119 e. The predicted octanol–water partition coefficient (Wildman–Crippen LogP) is 6.37. The number of fused-ring (bicyclic) bond motifs is 2. The third kappa shape index (κ3) is 4.64. The van der Waals surface area contributed by atoms with Crippen molar-refractivity contribution in [2.24, 2.45) is 23.7 Å². The highest BCUT2D eigenvalue weighted by Crippen LogP contribution is 2.47. The van der Waals surface area contributed by atoms with Gasteiger partial charge < -0.3 is 9.47 Å². The summed E-state index contributed by atoms with van der Waals surface area (Å²) in [6.45, 7) is 5.69. The summed E-state index contributed by atoms with van der Waals surface area (Å²) in [6, 6.07) is 6.81. The molecule has 0 N–H and O–H groups in total. The number of hydrogen-bond donors (Lipinski definition) is 0. The van der Waals surface area contributed by atoms with E-state index in [-0.39, 0.29) is 0 Å². The molecule has 0 saturated heterocycles. The highest BCUT2D eigenvalue weighted by molar-refractivity contribution is 5.37. The highest BCUT2D eigenvalue weighted by atomic mass is 16.5. The lowest BCUT2D eigenvalue weighted by atomic mass is 9.62. The van der Waals surface area contributed by atoms with Crippen molar-refractivity contribution in [1.29, 1.82) is 0 Å². The molecule has 5 atom stereocenters. The van der Waals surface area contributed by atoms with Crippen molar-refractivity contribution >= 4 is 0 Å². The molecule has 28 heavy (non-hydrogen) atoms. The topological polar surface area (TPSA) is 18.5 Å². The third-order valence-electron chi connectivity index (χ3n) is 7.69. The van der Waals surface area contributed by atoms with Gasteiger partial charge >= 0.3 is 0 Å². The summed E-state index contributed by atoms with van der Waals surface area (Å²) in [4.78, 5) is 0. The van der Waals surface area contributed by atoms with E-state index < -0.39 is 0 Å². The van der Waals surface area contributed by atoms with Gasteiger partial charge in [-0.1, -0.05) is 18.2 Å². The Morgan fingerprint density at radius 3 is 2.54 bits per heavy atom. The van der Waals surface area contributed by atoms with E-state index >= 15 is 0 Å². The molecule has 3 aliphatic carbocycles. The number of rotatable bonds is 6. The lowest BCUT2D eigenvalue weighted by Gasteiger charge is -2.44. The minimum atomic E-state index is 0.509. The van der Waals surface area contributed by atoms with Crippen molar-refractivity contribution in [3.8, 4) is 5.75 Å². The molecule has 2 saturated carbocycles. The van der Waals surface area contributed by atoms with E-state index in [9.17, 15) is 0 Å². The summed E-state index contributed by atoms with van der Waals surface area (Å²) in [5, 5.41) is 0. The molecule has 154 valence electrons. The molecule has 4 rings (SSSR count). The third-order valence-corrected chi connectivity index (χ3v) is 7.69. The largest absolute Gasteiger partial charge is 0.494 e. The van der Waals surface area contributed by atoms with Crippen molar-refractivity contribution in [1.82, 2.24) is 0 Å². The summed E-state index contributed by atoms with van der Waals surface area (Å²) >= 11 is 0. The second kappa shape index (κ2) is 9.48. The van der Waals surface area contributed by atoms with Crippen LogP contribution in [0, 0.1) is 23.7 Å². The van der Waals surface area contributed by atoms with E-state index in [2.05, 4.69) is 44.2 Å². The van der Waals surface area contributed by atoms with Crippen LogP contribution in [0.3, 0.4) is 0 Å². The standard InChI is InChI=1S/C26H38O2/c1-3-5-14-28-26-13-11-22-16-20(7-9-24(22)18-26)19-6-8-23-17-25(27-4-2)12-10-21(23)15-19/h3,5,10,12,17,19-20,22,24,26H,4,6-9,11,13-16,18H2,1-2H3/b5-3+/t19?,20?,22-,24?,26-/m1/s1. The zero-order valence-corrected chi connectivity index (χ0v) is 17.9. The first kappa shape index (κ1) is 20.0. The molecule has 3 unspecified atom stereocenters. The van der Waals surface area contributed by atoms with Gasteiger partial charge in [-0.05, 0) is 119 Å². The molecule has 0 aliphatic heterocycles. The van der Waals surface area contributed by atoms with Gasteiger partial charge in [-0.2, -0.15) is 0 Å². The van der Waals surface area contributed by atoms with E-state index in [0.717, 1.165) is 42.6 Å². The summed E-state index contributed by atoms with van der Waals surface area (Å²) in [5.74, 6) is 4.78. The molecule has 0 aromatic heterocycles. The Balaban J connectivity index is 1.30. The van der Waals surface area contributed by atoms with Crippen LogP contribution in [0.15, 0.2) is 30.4 Å². The van der Waals surface area contributed by atoms with Crippen molar-refractivity contribution in [3.05, 3.63) is 41.5 Å². The summed E-state index contributed by atoms with van der Waals surface area (Å²) in [5.41, 5.74) is 3.12. The zero-order valence-electron chi connectivity index (χ0n) is 17.9. The molecule has 0 bridgehead atoms. The number of aryl methyl sites for hydroxylation is 1. The lowest BCUT2D eigenvalue weighted by molar-refractivity contribution is -0.0138. The SMILES string of the molecule is C/C=C/CO[C@@H]1CC[C@@H]2CC(C3CCc4cc(OCC)ccc4C3)CCC2C1. The lowest BCUT2D eigenvalue weighted by Crippen LogP contribution is -2.37. The Hall–Kier alpha value is -1.28. The van der Waals surface area contributed by atoms with Crippen molar-refractivity contribution < 1.29 is 9.47 Å². The maximum atomic E-state index is 6.08. The van der Waals surface area contributed by atoms with Crippen molar-refractivity contribution in [3.63, 3.8) is 0 Å². The molecule has 2 heteroatoms. The Bertz CT molecular complexity index is 664. The maximum absolute atomic E-state index is 6.08. The Morgan fingerprint density at radius 1 is 0.929 bits per heavy atom. The first-order valence-electron chi connectivity index (χ1n) is 11.7. The van der Waals surface area contributed by atoms with E-state index in [1.807, 2.05) is 0 Å². The minimum Gasteiger partial charge on any atom is -0.494 e. The normalized spacial score (nSPS) is 32.7. The summed E-state index contributed by atoms with van der Waals surface area (Å²) < 4.78 is 11.8. The van der Waals surface area contributed by atoms with Crippen LogP contribution in [0.4, 0.5) is 0 Å². The van der Waals surface area contributed by atoms with Gasteiger partial charge in [0, 0.05) is 0 Å². The number of hydrogen-bond acceptors (Lipinski definition) is 2. The Labute approximate surface area is 171 Å². The predicted molar refractivity (Wildman–Crippen MR) is 116 cm³/mol. The van der Waals surface area contributed by atoms with Crippen LogP contribution in [0.1, 0.15) is 69.9 Å². The van der Waals surface area contributed by atoms with E-state index in [1.54, 1.807) is 5.56 Å². The van der Waals surface area contributed by atoms with Gasteiger partial charge in [-0.15, -0.1) is 0 Å². The fourth-order valence-corrected chi connectivity index (χ4v) is 6.17. The molecule has 0 radical (unpaired) electrons. The van der Waals surface area contributed by atoms with Gasteiger partial charge in [0.15, 0.2) is 0 Å². The quantitative estimate of drug-likeness (QED) is 0.532. The van der Waals surface area contributed by atoms with Gasteiger partial charge in [0.05, 0.1) is 19.3 Å². The molecule has 0 amide bonds. The first-order valence-corrected chi connectivity index (χ1v) is 11.7. The molecular formula is C26H38O2. The van der Waals surface area contributed by atoms with Crippen LogP contribution in [-0.4, -0.2) is 19.3 Å². The van der Waals surface area contributed by atoms with E-state index in [0.29, 0.717) is 6.10 Å². The zero-order chi connectivity index (χ0) is 19.3. The number of allylic oxidation sites excluding steroid dienone is 1. The molecule has 1 aromatic rings. The van der Waals surface area contributed by atoms with Crippen LogP contribution < -0.4 is 4.74 Å². The Kier molecular flexibility index (Phi) is 6.77. The molecule has 3 aliphatic rings. The van der Waals surface area contributed by atoms with Gasteiger partial charge in [-0.25, -0.2) is 0 Å². The number of ether oxygens (including phenoxy) is 2. The molecular weight excluding hydrogens is 344 g/mol. The minimum absolute atomic E-state index is 0.509. The highest BCUT2D eigenvalue weighted by Gasteiger charge is 2.38. The molecule has 0 spiro atoms. The second-order valence-electron chi connectivity index (χ2n) is 9.30. The molecule has 2 fully saturated rings. The number of benzene rings is 1. The maximum Gasteiger partial charge on any atom is 0.119 e. The molecule has 2 nitrogen and oxygen atoms in total. The van der Waals surface area contributed by atoms with Gasteiger partial charge in [0.25, 0.3) is 0 Å². The molecule has 1 aromatic carbocycles. The van der Waals surface area contributed by atoms with Crippen molar-refractivity contribution in [2.45, 2.75) is 77.7 Å². The van der Waals surface area contributed by atoms with Crippen LogP contribution in [0.25, 0.3) is 0 Å². The average Bonchev–Trinajstić information content (AvgIpc) is 2.73. The van der Waals surface area contributed by atoms with Gasteiger partial charge in [-0.3, -0.25) is 0 Å². The van der Waals surface area contributed by atoms with E-state index in [1.165, 1.54) is 63.4 Å². The fourth-order valence-electron chi connectivity index (χ4n) is 6.17. The summed E-state index contributed by atoms with van der Waals surface area (Å²) in [6.07, 6.45) is 17.0. The molecule has 0 heterocycles. The Morgan fingerprint density at radius 2 is 1.71 bits per heavy atom. The fraction of sp³-hybridized carbons (Fsp3) is 0.692. The van der Waals surface area contributed by atoms with Crippen LogP contribution in [0.5, 0.6) is 5.75 Å². The average molecular weight is 383 g/mol. The van der Waals surface area contributed by atoms with Crippen LogP contribution >= 0.6 is 0 Å². The monoisotopic (exact) mass is 382 g/mol. The van der Waals surface area contributed by atoms with Gasteiger partial charge in [0.1, 0.15) is 5.75 Å². The summed E-state index contributed by atoms with van der Waals surface area (Å²) in [7, 11) is 0. The first-order chi connectivity index (χ1) is 13.8. The van der Waals surface area contributed by atoms with Crippen molar-refractivity contribution in [2.75, 3.05) is 13.2 Å². The second-order valence-corrected chi connectivity index (χ2v) is 9.30. The van der Waals surface area contributed by atoms with Crippen LogP contribution in [0.2, 0.25) is 0 Å². The van der Waals surface area contributed by atoms with E-state index in [4.69, 9.17) is 9.47 Å². The van der Waals surface area contributed by atoms with Gasteiger partial charge in [0.2, 0.25) is 0 Å². The van der Waals surface area contributed by atoms with Crippen LogP contribution in [-0.2, 0) is 17.6 Å².